The van der Waals surface area contributed by atoms with Gasteiger partial charge in [-0.2, -0.15) is 0 Å². The van der Waals surface area contributed by atoms with E-state index in [0.29, 0.717) is 16.3 Å². The highest BCUT2D eigenvalue weighted by Gasteiger charge is 2.05. The lowest BCUT2D eigenvalue weighted by Gasteiger charge is -2.05. The van der Waals surface area contributed by atoms with Crippen molar-refractivity contribution in [2.45, 2.75) is 0 Å². The van der Waals surface area contributed by atoms with E-state index in [9.17, 15) is 9.59 Å². The monoisotopic (exact) mass is 330 g/mol. The average Bonchev–Trinajstić information content (AvgIpc) is 2.58. The van der Waals surface area contributed by atoms with Crippen LogP contribution in [0.4, 0.5) is 0 Å². The lowest BCUT2D eigenvalue weighted by molar-refractivity contribution is -0.117. The largest absolute Gasteiger partial charge is 0.497 e. The fourth-order valence-electron chi connectivity index (χ4n) is 1.75. The topological polar surface area (TPSA) is 67.4 Å². The molecule has 2 aromatic carbocycles. The maximum atomic E-state index is 11.8. The van der Waals surface area contributed by atoms with Gasteiger partial charge in [0.25, 0.3) is 11.8 Å². The third-order valence-electron chi connectivity index (χ3n) is 2.93. The number of ether oxygens (including phenoxy) is 1. The zero-order valence-electron chi connectivity index (χ0n) is 12.4. The summed E-state index contributed by atoms with van der Waals surface area (Å²) < 4.78 is 5.10. The smallest absolute Gasteiger partial charge is 0.269 e. The molecule has 2 aromatic rings. The molecule has 0 aliphatic heterocycles. The molecule has 0 saturated heterocycles. The van der Waals surface area contributed by atoms with E-state index in [4.69, 9.17) is 16.3 Å². The quantitative estimate of drug-likeness (QED) is 0.669. The summed E-state index contributed by atoms with van der Waals surface area (Å²) in [6.45, 7) is 0. The van der Waals surface area contributed by atoms with Crippen molar-refractivity contribution < 1.29 is 14.3 Å². The lowest BCUT2D eigenvalue weighted by Crippen LogP contribution is -2.40. The molecule has 0 radical (unpaired) electrons. The van der Waals surface area contributed by atoms with Gasteiger partial charge in [-0.3, -0.25) is 20.4 Å². The predicted molar refractivity (Wildman–Crippen MR) is 89.1 cm³/mol. The zero-order valence-corrected chi connectivity index (χ0v) is 13.1. The van der Waals surface area contributed by atoms with Crippen LogP contribution in [0, 0.1) is 0 Å². The molecule has 0 fully saturated rings. The molecule has 0 aliphatic carbocycles. The summed E-state index contributed by atoms with van der Waals surface area (Å²) >= 11 is 5.75. The van der Waals surface area contributed by atoms with Crippen molar-refractivity contribution >= 4 is 29.5 Å². The number of hydrazine groups is 1. The molecular weight excluding hydrogens is 316 g/mol. The molecule has 2 amide bonds. The molecule has 0 unspecified atom stereocenters. The number of rotatable bonds is 4. The Morgan fingerprint density at radius 3 is 2.52 bits per heavy atom. The highest BCUT2D eigenvalue weighted by molar-refractivity contribution is 6.30. The molecule has 2 N–H and O–H groups in total. The van der Waals surface area contributed by atoms with E-state index in [1.165, 1.54) is 6.08 Å². The molecule has 5 nitrogen and oxygen atoms in total. The fourth-order valence-corrected chi connectivity index (χ4v) is 1.88. The van der Waals surface area contributed by atoms with Gasteiger partial charge in [-0.15, -0.1) is 0 Å². The van der Waals surface area contributed by atoms with Crippen LogP contribution in [0.2, 0.25) is 5.02 Å². The van der Waals surface area contributed by atoms with Crippen LogP contribution in [-0.4, -0.2) is 18.9 Å². The van der Waals surface area contributed by atoms with Gasteiger partial charge in [0.15, 0.2) is 0 Å². The second-order valence-electron chi connectivity index (χ2n) is 4.56. The molecule has 0 saturated carbocycles. The molecule has 23 heavy (non-hydrogen) atoms. The molecule has 0 atom stereocenters. The van der Waals surface area contributed by atoms with Gasteiger partial charge in [0, 0.05) is 16.7 Å². The number of carbonyl (C=O) groups excluding carboxylic acids is 2. The van der Waals surface area contributed by atoms with E-state index >= 15 is 0 Å². The molecule has 0 aliphatic rings. The summed E-state index contributed by atoms with van der Waals surface area (Å²) in [7, 11) is 1.57. The second-order valence-corrected chi connectivity index (χ2v) is 5.00. The van der Waals surface area contributed by atoms with E-state index in [0.717, 1.165) is 5.56 Å². The molecular formula is C17H15ClN2O3. The Labute approximate surface area is 138 Å². The van der Waals surface area contributed by atoms with Gasteiger partial charge < -0.3 is 4.74 Å². The molecule has 0 aromatic heterocycles. The number of nitrogens with one attached hydrogen (secondary N) is 2. The van der Waals surface area contributed by atoms with E-state index in [2.05, 4.69) is 10.9 Å². The van der Waals surface area contributed by atoms with E-state index in [-0.39, 0.29) is 0 Å². The van der Waals surface area contributed by atoms with Gasteiger partial charge in [0.2, 0.25) is 0 Å². The third kappa shape index (κ3) is 5.16. The first kappa shape index (κ1) is 16.6. The van der Waals surface area contributed by atoms with Crippen molar-refractivity contribution in [2.24, 2.45) is 0 Å². The van der Waals surface area contributed by atoms with Crippen LogP contribution in [-0.2, 0) is 4.79 Å². The normalized spacial score (nSPS) is 10.3. The Morgan fingerprint density at radius 2 is 1.83 bits per heavy atom. The van der Waals surface area contributed by atoms with Gasteiger partial charge in [0.05, 0.1) is 7.11 Å². The Kier molecular flexibility index (Phi) is 5.77. The highest BCUT2D eigenvalue weighted by atomic mass is 35.5. The number of hydrogen-bond acceptors (Lipinski definition) is 3. The average molecular weight is 331 g/mol. The molecule has 0 spiro atoms. The van der Waals surface area contributed by atoms with Crippen LogP contribution in [0.5, 0.6) is 5.75 Å². The Balaban J connectivity index is 1.88. The van der Waals surface area contributed by atoms with Crippen LogP contribution in [0.25, 0.3) is 6.08 Å². The molecule has 0 heterocycles. The van der Waals surface area contributed by atoms with E-state index in [1.807, 2.05) is 18.2 Å². The van der Waals surface area contributed by atoms with Crippen LogP contribution < -0.4 is 15.6 Å². The number of hydrogen-bond donors (Lipinski definition) is 2. The van der Waals surface area contributed by atoms with Gasteiger partial charge in [-0.1, -0.05) is 23.7 Å². The van der Waals surface area contributed by atoms with Gasteiger partial charge in [-0.05, 0) is 48.0 Å². The van der Waals surface area contributed by atoms with Gasteiger partial charge in [0.1, 0.15) is 5.75 Å². The minimum atomic E-state index is -0.449. The first-order valence-corrected chi connectivity index (χ1v) is 7.14. The minimum Gasteiger partial charge on any atom is -0.497 e. The van der Waals surface area contributed by atoms with Crippen molar-refractivity contribution in [1.82, 2.24) is 10.9 Å². The third-order valence-corrected chi connectivity index (χ3v) is 3.18. The lowest BCUT2D eigenvalue weighted by atomic mass is 10.2. The Hall–Kier alpha value is -2.79. The standard InChI is InChI=1S/C17H15ClN2O3/c1-23-15-4-2-3-12(11-15)5-10-16(21)19-20-17(22)13-6-8-14(18)9-7-13/h2-11H,1H3,(H,19,21)(H,20,22)/b10-5+. The van der Waals surface area contributed by atoms with Gasteiger partial charge in [-0.25, -0.2) is 0 Å². The summed E-state index contributed by atoms with van der Waals surface area (Å²) in [6, 6.07) is 13.6. The summed E-state index contributed by atoms with van der Waals surface area (Å²) in [5, 5.41) is 0.534. The Bertz CT molecular complexity index is 727. The predicted octanol–water partition coefficient (Wildman–Crippen LogP) is 2.82. The number of benzene rings is 2. The van der Waals surface area contributed by atoms with E-state index < -0.39 is 11.8 Å². The SMILES string of the molecule is COc1cccc(/C=C/C(=O)NNC(=O)c2ccc(Cl)cc2)c1. The van der Waals surface area contributed by atoms with Crippen LogP contribution in [0.15, 0.2) is 54.6 Å². The second kappa shape index (κ2) is 8.00. The van der Waals surface area contributed by atoms with Crippen molar-refractivity contribution in [3.8, 4) is 5.75 Å². The molecule has 2 rings (SSSR count). The molecule has 0 bridgehead atoms. The van der Waals surface area contributed by atoms with Crippen LogP contribution >= 0.6 is 11.6 Å². The summed E-state index contributed by atoms with van der Waals surface area (Å²) in [5.74, 6) is -0.177. The van der Waals surface area contributed by atoms with Crippen LogP contribution in [0.3, 0.4) is 0 Å². The minimum absolute atomic E-state index is 0.395. The number of methoxy groups -OCH3 is 1. The Morgan fingerprint density at radius 1 is 1.09 bits per heavy atom. The number of carbonyl (C=O) groups is 2. The fraction of sp³-hybridized carbons (Fsp3) is 0.0588. The van der Waals surface area contributed by atoms with Crippen molar-refractivity contribution in [1.29, 1.82) is 0 Å². The van der Waals surface area contributed by atoms with Crippen LogP contribution in [0.1, 0.15) is 15.9 Å². The van der Waals surface area contributed by atoms with Crippen molar-refractivity contribution in [3.63, 3.8) is 0 Å². The summed E-state index contributed by atoms with van der Waals surface area (Å²) in [6.07, 6.45) is 2.93. The first-order chi connectivity index (χ1) is 11.1. The number of halogens is 1. The van der Waals surface area contributed by atoms with E-state index in [1.54, 1.807) is 43.5 Å². The molecule has 6 heteroatoms. The number of amides is 2. The van der Waals surface area contributed by atoms with Crippen molar-refractivity contribution in [3.05, 3.63) is 70.8 Å². The maximum absolute atomic E-state index is 11.8. The summed E-state index contributed by atoms with van der Waals surface area (Å²) in [5.41, 5.74) is 5.83. The van der Waals surface area contributed by atoms with Gasteiger partial charge >= 0.3 is 0 Å². The summed E-state index contributed by atoms with van der Waals surface area (Å²) in [4.78, 5) is 23.5. The highest BCUT2D eigenvalue weighted by Crippen LogP contribution is 2.13. The molecule has 118 valence electrons. The zero-order chi connectivity index (χ0) is 16.7. The first-order valence-electron chi connectivity index (χ1n) is 6.76. The maximum Gasteiger partial charge on any atom is 0.269 e. The van der Waals surface area contributed by atoms with Crippen molar-refractivity contribution in [2.75, 3.05) is 7.11 Å².